The van der Waals surface area contributed by atoms with Crippen LogP contribution in [-0.4, -0.2) is 37.3 Å². The lowest BCUT2D eigenvalue weighted by atomic mass is 10.00. The third-order valence-electron chi connectivity index (χ3n) is 4.42. The number of ether oxygens (including phenoxy) is 2. The molecule has 0 aliphatic carbocycles. The van der Waals surface area contributed by atoms with Crippen molar-refractivity contribution in [1.29, 1.82) is 0 Å². The molecule has 2 unspecified atom stereocenters. The molecule has 1 fully saturated rings. The number of aliphatic hydroxyl groups excluding tert-OH is 1. The molecule has 1 aromatic carbocycles. The highest BCUT2D eigenvalue weighted by molar-refractivity contribution is 5.18. The Kier molecular flexibility index (Phi) is 5.86. The Morgan fingerprint density at radius 1 is 1.08 bits per heavy atom. The van der Waals surface area contributed by atoms with Gasteiger partial charge in [0.05, 0.1) is 25.4 Å². The van der Waals surface area contributed by atoms with Crippen LogP contribution in [0.5, 0.6) is 0 Å². The largest absolute Gasteiger partial charge is 0.459 e. The molecule has 5 nitrogen and oxygen atoms in total. The highest BCUT2D eigenvalue weighted by Gasteiger charge is 2.25. The summed E-state index contributed by atoms with van der Waals surface area (Å²) < 4.78 is 29.8. The molecule has 1 aliphatic heterocycles. The molecule has 1 saturated heterocycles. The van der Waals surface area contributed by atoms with Gasteiger partial charge >= 0.3 is 0 Å². The van der Waals surface area contributed by atoms with Crippen LogP contribution in [0.2, 0.25) is 0 Å². The van der Waals surface area contributed by atoms with E-state index in [0.717, 1.165) is 5.76 Å². The topological polar surface area (TPSA) is 55.1 Å². The highest BCUT2D eigenvalue weighted by atomic mass is 19.1. The van der Waals surface area contributed by atoms with Crippen LogP contribution in [-0.2, 0) is 9.47 Å². The van der Waals surface area contributed by atoms with Crippen LogP contribution >= 0.6 is 0 Å². The normalized spacial score (nSPS) is 18.0. The summed E-state index contributed by atoms with van der Waals surface area (Å²) >= 11 is 0. The fraction of sp³-hybridized carbons (Fsp3) is 0.474. The lowest BCUT2D eigenvalue weighted by molar-refractivity contribution is -0.0600. The molecule has 0 bridgehead atoms. The third-order valence-corrected chi connectivity index (χ3v) is 4.42. The first-order valence-corrected chi connectivity index (χ1v) is 8.47. The summed E-state index contributed by atoms with van der Waals surface area (Å²) in [6.07, 6.45) is 0.173. The maximum atomic E-state index is 13.0. The Hall–Kier alpha value is -1.73. The summed E-state index contributed by atoms with van der Waals surface area (Å²) in [5, 5.41) is 10.4. The number of furan rings is 1. The number of hydrogen-bond donors (Lipinski definition) is 1. The van der Waals surface area contributed by atoms with Gasteiger partial charge in [-0.15, -0.1) is 0 Å². The monoisotopic (exact) mass is 349 g/mol. The van der Waals surface area contributed by atoms with E-state index in [1.807, 2.05) is 26.2 Å². The standard InChI is InChI=1S/C19H24FNO4/c1-21(2)15(7-8-16(22)13-3-5-14(20)6-4-13)17-9-10-18(25-17)19-23-11-12-24-19/h3-6,9-10,15-16,19,22H,7-8,11-12H2,1-2H3. The number of halogens is 1. The van der Waals surface area contributed by atoms with Gasteiger partial charge in [-0.25, -0.2) is 4.39 Å². The molecule has 0 saturated carbocycles. The van der Waals surface area contributed by atoms with Crippen molar-refractivity contribution in [3.05, 3.63) is 59.3 Å². The van der Waals surface area contributed by atoms with E-state index < -0.39 is 12.4 Å². The average Bonchev–Trinajstić information content (AvgIpc) is 3.26. The maximum Gasteiger partial charge on any atom is 0.217 e. The zero-order chi connectivity index (χ0) is 17.8. The first-order chi connectivity index (χ1) is 12.0. The zero-order valence-corrected chi connectivity index (χ0v) is 14.5. The van der Waals surface area contributed by atoms with E-state index in [9.17, 15) is 9.50 Å². The molecule has 1 aromatic heterocycles. The van der Waals surface area contributed by atoms with Crippen molar-refractivity contribution in [3.63, 3.8) is 0 Å². The summed E-state index contributed by atoms with van der Waals surface area (Å²) in [5.41, 5.74) is 0.715. The van der Waals surface area contributed by atoms with E-state index in [-0.39, 0.29) is 11.9 Å². The average molecular weight is 349 g/mol. The van der Waals surface area contributed by atoms with Gasteiger partial charge in [-0.05, 0) is 56.8 Å². The fourth-order valence-corrected chi connectivity index (χ4v) is 3.02. The zero-order valence-electron chi connectivity index (χ0n) is 14.5. The molecule has 2 heterocycles. The van der Waals surface area contributed by atoms with E-state index in [1.54, 1.807) is 12.1 Å². The van der Waals surface area contributed by atoms with Crippen molar-refractivity contribution >= 4 is 0 Å². The number of hydrogen-bond acceptors (Lipinski definition) is 5. The first-order valence-electron chi connectivity index (χ1n) is 8.47. The first kappa shape index (κ1) is 18.1. The van der Waals surface area contributed by atoms with E-state index in [0.29, 0.717) is 37.4 Å². The molecule has 0 radical (unpaired) electrons. The summed E-state index contributed by atoms with van der Waals surface area (Å²) in [6.45, 7) is 1.14. The van der Waals surface area contributed by atoms with Gasteiger partial charge < -0.3 is 19.0 Å². The van der Waals surface area contributed by atoms with E-state index in [4.69, 9.17) is 13.9 Å². The summed E-state index contributed by atoms with van der Waals surface area (Å²) in [7, 11) is 3.94. The van der Waals surface area contributed by atoms with E-state index in [1.165, 1.54) is 12.1 Å². The Morgan fingerprint density at radius 3 is 2.40 bits per heavy atom. The van der Waals surface area contributed by atoms with E-state index >= 15 is 0 Å². The lowest BCUT2D eigenvalue weighted by Crippen LogP contribution is -2.20. The number of benzene rings is 1. The lowest BCUT2D eigenvalue weighted by Gasteiger charge is -2.23. The molecular weight excluding hydrogens is 325 g/mol. The minimum atomic E-state index is -0.640. The van der Waals surface area contributed by atoms with Crippen LogP contribution in [0, 0.1) is 5.82 Å². The maximum absolute atomic E-state index is 13.0. The molecule has 3 rings (SSSR count). The summed E-state index contributed by atoms with van der Waals surface area (Å²) in [6, 6.07) is 9.78. The molecule has 6 heteroatoms. The van der Waals surface area contributed by atoms with Crippen molar-refractivity contribution in [1.82, 2.24) is 4.90 Å². The quantitative estimate of drug-likeness (QED) is 0.828. The molecule has 2 aromatic rings. The Labute approximate surface area is 147 Å². The second-order valence-electron chi connectivity index (χ2n) is 6.44. The van der Waals surface area contributed by atoms with Gasteiger partial charge in [-0.1, -0.05) is 12.1 Å². The SMILES string of the molecule is CN(C)C(CCC(O)c1ccc(F)cc1)c1ccc(C2OCCO2)o1. The number of aliphatic hydroxyl groups is 1. The van der Waals surface area contributed by atoms with Crippen molar-refractivity contribution < 1.29 is 23.4 Å². The van der Waals surface area contributed by atoms with Gasteiger partial charge in [0, 0.05) is 0 Å². The predicted octanol–water partition coefficient (Wildman–Crippen LogP) is 3.58. The van der Waals surface area contributed by atoms with Crippen molar-refractivity contribution in [3.8, 4) is 0 Å². The smallest absolute Gasteiger partial charge is 0.217 e. The molecule has 136 valence electrons. The molecular formula is C19H24FNO4. The Balaban J connectivity index is 1.64. The predicted molar refractivity (Wildman–Crippen MR) is 90.4 cm³/mol. The van der Waals surface area contributed by atoms with Crippen molar-refractivity contribution in [2.45, 2.75) is 31.3 Å². The van der Waals surface area contributed by atoms with Gasteiger partial charge in [-0.2, -0.15) is 0 Å². The number of nitrogens with zero attached hydrogens (tertiary/aromatic N) is 1. The van der Waals surface area contributed by atoms with Crippen LogP contribution in [0.1, 0.15) is 48.4 Å². The van der Waals surface area contributed by atoms with Crippen LogP contribution < -0.4 is 0 Å². The van der Waals surface area contributed by atoms with Gasteiger partial charge in [-0.3, -0.25) is 4.90 Å². The van der Waals surface area contributed by atoms with Crippen molar-refractivity contribution in [2.24, 2.45) is 0 Å². The molecule has 1 aliphatic rings. The molecule has 1 N–H and O–H groups in total. The third kappa shape index (κ3) is 4.46. The van der Waals surface area contributed by atoms with Crippen LogP contribution in [0.15, 0.2) is 40.8 Å². The van der Waals surface area contributed by atoms with Gasteiger partial charge in [0.1, 0.15) is 11.6 Å². The Morgan fingerprint density at radius 2 is 1.76 bits per heavy atom. The minimum Gasteiger partial charge on any atom is -0.459 e. The second-order valence-corrected chi connectivity index (χ2v) is 6.44. The minimum absolute atomic E-state index is 0.0188. The highest BCUT2D eigenvalue weighted by Crippen LogP contribution is 2.32. The fourth-order valence-electron chi connectivity index (χ4n) is 3.02. The van der Waals surface area contributed by atoms with Gasteiger partial charge in [0.25, 0.3) is 0 Å². The molecule has 2 atom stereocenters. The van der Waals surface area contributed by atoms with Crippen LogP contribution in [0.4, 0.5) is 4.39 Å². The molecule has 25 heavy (non-hydrogen) atoms. The van der Waals surface area contributed by atoms with Crippen LogP contribution in [0.3, 0.4) is 0 Å². The van der Waals surface area contributed by atoms with Crippen molar-refractivity contribution in [2.75, 3.05) is 27.3 Å². The Bertz CT molecular complexity index is 664. The van der Waals surface area contributed by atoms with Gasteiger partial charge in [0.15, 0.2) is 5.76 Å². The van der Waals surface area contributed by atoms with E-state index in [2.05, 4.69) is 4.90 Å². The second kappa shape index (κ2) is 8.10. The summed E-state index contributed by atoms with van der Waals surface area (Å²) in [4.78, 5) is 2.05. The molecule has 0 amide bonds. The summed E-state index contributed by atoms with van der Waals surface area (Å²) in [5.74, 6) is 1.17. The number of rotatable bonds is 7. The van der Waals surface area contributed by atoms with Gasteiger partial charge in [0.2, 0.25) is 6.29 Å². The van der Waals surface area contributed by atoms with Crippen LogP contribution in [0.25, 0.3) is 0 Å². The molecule has 0 spiro atoms.